The number of benzene rings is 1. The lowest BCUT2D eigenvalue weighted by molar-refractivity contribution is 0.253. The molecular formula is C9H10Cl2N4O. The minimum Gasteiger partial charge on any atom is -0.369 e. The number of carbonyl (C=O) groups is 1. The van der Waals surface area contributed by atoms with E-state index in [-0.39, 0.29) is 5.96 Å². The van der Waals surface area contributed by atoms with Crippen molar-refractivity contribution in [1.82, 2.24) is 5.32 Å². The number of urea groups is 1. The molecule has 0 bridgehead atoms. The Morgan fingerprint density at radius 2 is 1.81 bits per heavy atom. The van der Waals surface area contributed by atoms with E-state index in [1.54, 1.807) is 12.1 Å². The number of amides is 2. The van der Waals surface area contributed by atoms with Crippen LogP contribution in [0, 0.1) is 6.92 Å². The number of primary amides is 1. The molecular weight excluding hydrogens is 251 g/mol. The molecule has 16 heavy (non-hydrogen) atoms. The number of guanidine groups is 1. The molecule has 7 heteroatoms. The number of nitrogens with one attached hydrogen (secondary N) is 1. The van der Waals surface area contributed by atoms with Gasteiger partial charge in [-0.15, -0.1) is 0 Å². The van der Waals surface area contributed by atoms with Crippen molar-refractivity contribution in [3.8, 4) is 0 Å². The summed E-state index contributed by atoms with van der Waals surface area (Å²) in [6.45, 7) is 1.84. The lowest BCUT2D eigenvalue weighted by atomic mass is 10.2. The number of halogens is 2. The first-order valence-corrected chi connectivity index (χ1v) is 5.02. The summed E-state index contributed by atoms with van der Waals surface area (Å²) in [6, 6.07) is 2.56. The van der Waals surface area contributed by atoms with Crippen molar-refractivity contribution in [3.63, 3.8) is 0 Å². The number of carbonyl (C=O) groups excluding carboxylic acids is 1. The second kappa shape index (κ2) is 5.05. The molecule has 0 saturated heterocycles. The van der Waals surface area contributed by atoms with Crippen LogP contribution in [0.5, 0.6) is 0 Å². The third-order valence-electron chi connectivity index (χ3n) is 1.64. The van der Waals surface area contributed by atoms with Crippen LogP contribution >= 0.6 is 23.2 Å². The zero-order chi connectivity index (χ0) is 12.3. The van der Waals surface area contributed by atoms with Crippen molar-refractivity contribution in [3.05, 3.63) is 27.7 Å². The van der Waals surface area contributed by atoms with Gasteiger partial charge in [0, 0.05) is 0 Å². The predicted octanol–water partition coefficient (Wildman–Crippen LogP) is 1.92. The maximum absolute atomic E-state index is 10.5. The normalized spacial score (nSPS) is 11.3. The molecule has 5 N–H and O–H groups in total. The number of hydrogen-bond acceptors (Lipinski definition) is 2. The lowest BCUT2D eigenvalue weighted by Crippen LogP contribution is -2.39. The van der Waals surface area contributed by atoms with Crippen molar-refractivity contribution in [1.29, 1.82) is 0 Å². The number of nitrogens with two attached hydrogens (primary N) is 2. The van der Waals surface area contributed by atoms with Gasteiger partial charge in [0.1, 0.15) is 5.69 Å². The van der Waals surface area contributed by atoms with Gasteiger partial charge in [-0.3, -0.25) is 5.32 Å². The molecule has 0 heterocycles. The summed E-state index contributed by atoms with van der Waals surface area (Å²) < 4.78 is 0. The van der Waals surface area contributed by atoms with E-state index in [2.05, 4.69) is 10.3 Å². The minimum absolute atomic E-state index is 0.167. The van der Waals surface area contributed by atoms with Crippen LogP contribution in [0.2, 0.25) is 10.0 Å². The van der Waals surface area contributed by atoms with Gasteiger partial charge >= 0.3 is 6.03 Å². The van der Waals surface area contributed by atoms with Gasteiger partial charge in [-0.05, 0) is 24.6 Å². The summed E-state index contributed by atoms with van der Waals surface area (Å²) in [6.07, 6.45) is 0. The van der Waals surface area contributed by atoms with Crippen LogP contribution in [0.25, 0.3) is 0 Å². The molecule has 0 aliphatic heterocycles. The van der Waals surface area contributed by atoms with Gasteiger partial charge in [-0.2, -0.15) is 0 Å². The number of aryl methyl sites for hydroxylation is 1. The Morgan fingerprint density at radius 3 is 2.25 bits per heavy atom. The molecule has 2 amide bonds. The Balaban J connectivity index is 3.10. The molecule has 0 saturated carbocycles. The summed E-state index contributed by atoms with van der Waals surface area (Å²) >= 11 is 11.8. The molecule has 0 radical (unpaired) electrons. The predicted molar refractivity (Wildman–Crippen MR) is 65.2 cm³/mol. The number of aliphatic imine (C=N–C) groups is 1. The Morgan fingerprint density at radius 1 is 1.31 bits per heavy atom. The Bertz CT molecular complexity index is 436. The molecule has 0 aliphatic rings. The van der Waals surface area contributed by atoms with Gasteiger partial charge in [0.05, 0.1) is 10.0 Å². The highest BCUT2D eigenvalue weighted by molar-refractivity contribution is 6.39. The fourth-order valence-corrected chi connectivity index (χ4v) is 1.75. The maximum Gasteiger partial charge on any atom is 0.318 e. The van der Waals surface area contributed by atoms with Gasteiger partial charge in [0.15, 0.2) is 0 Å². The molecule has 5 nitrogen and oxygen atoms in total. The SMILES string of the molecule is Cc1cc(Cl)c(N=C(N)NC(N)=O)c(Cl)c1. The highest BCUT2D eigenvalue weighted by Crippen LogP contribution is 2.33. The van der Waals surface area contributed by atoms with Gasteiger partial charge in [0.2, 0.25) is 5.96 Å². The molecule has 0 atom stereocenters. The number of rotatable bonds is 1. The number of nitrogens with zero attached hydrogens (tertiary/aromatic N) is 1. The fraction of sp³-hybridized carbons (Fsp3) is 0.111. The topological polar surface area (TPSA) is 93.5 Å². The first kappa shape index (κ1) is 12.6. The van der Waals surface area contributed by atoms with E-state index in [1.165, 1.54) is 0 Å². The molecule has 0 unspecified atom stereocenters. The molecule has 0 aromatic heterocycles. The average Bonchev–Trinajstić information content (AvgIpc) is 2.09. The lowest BCUT2D eigenvalue weighted by Gasteiger charge is -2.05. The summed E-state index contributed by atoms with van der Waals surface area (Å²) in [7, 11) is 0. The molecule has 0 spiro atoms. The quantitative estimate of drug-likeness (QED) is 0.532. The summed E-state index contributed by atoms with van der Waals surface area (Å²) in [4.78, 5) is 14.4. The average molecular weight is 261 g/mol. The van der Waals surface area contributed by atoms with Gasteiger partial charge in [-0.1, -0.05) is 23.2 Å². The molecule has 1 aromatic rings. The van der Waals surface area contributed by atoms with E-state index < -0.39 is 6.03 Å². The van der Waals surface area contributed by atoms with Crippen molar-refractivity contribution in [2.24, 2.45) is 16.5 Å². The third kappa shape index (κ3) is 3.29. The van der Waals surface area contributed by atoms with Crippen LogP contribution in [-0.2, 0) is 0 Å². The summed E-state index contributed by atoms with van der Waals surface area (Å²) in [5.74, 6) is -0.167. The summed E-state index contributed by atoms with van der Waals surface area (Å²) in [5.41, 5.74) is 11.5. The van der Waals surface area contributed by atoms with Crippen LogP contribution < -0.4 is 16.8 Å². The molecule has 0 aliphatic carbocycles. The molecule has 1 rings (SSSR count). The highest BCUT2D eigenvalue weighted by atomic mass is 35.5. The second-order valence-corrected chi connectivity index (χ2v) is 3.88. The van der Waals surface area contributed by atoms with Crippen LogP contribution in [-0.4, -0.2) is 12.0 Å². The van der Waals surface area contributed by atoms with E-state index >= 15 is 0 Å². The third-order valence-corrected chi connectivity index (χ3v) is 2.22. The van der Waals surface area contributed by atoms with Gasteiger partial charge < -0.3 is 11.5 Å². The van der Waals surface area contributed by atoms with Crippen LogP contribution in [0.4, 0.5) is 10.5 Å². The van der Waals surface area contributed by atoms with Crippen molar-refractivity contribution in [2.45, 2.75) is 6.92 Å². The van der Waals surface area contributed by atoms with Crippen LogP contribution in [0.1, 0.15) is 5.56 Å². The zero-order valence-electron chi connectivity index (χ0n) is 8.42. The molecule has 1 aromatic carbocycles. The van der Waals surface area contributed by atoms with Crippen LogP contribution in [0.15, 0.2) is 17.1 Å². The Kier molecular flexibility index (Phi) is 3.98. The minimum atomic E-state index is -0.805. The van der Waals surface area contributed by atoms with E-state index in [1.807, 2.05) is 6.92 Å². The van der Waals surface area contributed by atoms with Crippen molar-refractivity contribution < 1.29 is 4.79 Å². The Labute approximate surface area is 102 Å². The van der Waals surface area contributed by atoms with E-state index in [9.17, 15) is 4.79 Å². The molecule has 0 fully saturated rings. The van der Waals surface area contributed by atoms with E-state index in [4.69, 9.17) is 34.7 Å². The monoisotopic (exact) mass is 260 g/mol. The molecule has 86 valence electrons. The smallest absolute Gasteiger partial charge is 0.318 e. The van der Waals surface area contributed by atoms with Crippen LogP contribution in [0.3, 0.4) is 0 Å². The van der Waals surface area contributed by atoms with Gasteiger partial charge in [-0.25, -0.2) is 9.79 Å². The first-order valence-electron chi connectivity index (χ1n) is 4.26. The maximum atomic E-state index is 10.5. The number of hydrogen-bond donors (Lipinski definition) is 3. The zero-order valence-corrected chi connectivity index (χ0v) is 9.93. The standard InChI is InChI=1S/C9H10Cl2N4O/c1-4-2-5(10)7(6(11)3-4)14-8(12)15-9(13)16/h2-3H,1H3,(H5,12,13,14,15,16). The van der Waals surface area contributed by atoms with Gasteiger partial charge in [0.25, 0.3) is 0 Å². The Hall–Kier alpha value is -1.46. The van der Waals surface area contributed by atoms with E-state index in [0.717, 1.165) is 5.56 Å². The highest BCUT2D eigenvalue weighted by Gasteiger charge is 2.07. The van der Waals surface area contributed by atoms with Crippen molar-refractivity contribution in [2.75, 3.05) is 0 Å². The van der Waals surface area contributed by atoms with E-state index in [0.29, 0.717) is 15.7 Å². The summed E-state index contributed by atoms with van der Waals surface area (Å²) in [5, 5.41) is 2.80. The fourth-order valence-electron chi connectivity index (χ4n) is 1.07. The second-order valence-electron chi connectivity index (χ2n) is 3.06. The first-order chi connectivity index (χ1) is 7.40. The largest absolute Gasteiger partial charge is 0.369 e. The van der Waals surface area contributed by atoms with Crippen molar-refractivity contribution >= 4 is 40.9 Å².